The van der Waals surface area contributed by atoms with E-state index >= 15 is 0 Å². The maximum absolute atomic E-state index is 12.0. The van der Waals surface area contributed by atoms with Crippen LogP contribution >= 0.6 is 0 Å². The van der Waals surface area contributed by atoms with Crippen molar-refractivity contribution < 1.29 is 14.7 Å². The number of urea groups is 1. The van der Waals surface area contributed by atoms with E-state index < -0.39 is 11.9 Å². The quantitative estimate of drug-likeness (QED) is 0.840. The summed E-state index contributed by atoms with van der Waals surface area (Å²) in [5, 5.41) is 11.8. The van der Waals surface area contributed by atoms with Crippen molar-refractivity contribution in [3.8, 4) is 0 Å². The molecule has 1 rings (SSSR count). The monoisotopic (exact) mass is 278 g/mol. The van der Waals surface area contributed by atoms with Gasteiger partial charge in [-0.2, -0.15) is 0 Å². The number of nitrogens with one attached hydrogen (secondary N) is 1. The number of para-hydroxylation sites is 1. The highest BCUT2D eigenvalue weighted by molar-refractivity contribution is 5.91. The maximum atomic E-state index is 12.0. The van der Waals surface area contributed by atoms with Crippen LogP contribution in [0.15, 0.2) is 30.3 Å². The van der Waals surface area contributed by atoms with Crippen molar-refractivity contribution >= 4 is 17.7 Å². The molecule has 110 valence electrons. The van der Waals surface area contributed by atoms with Gasteiger partial charge in [0.2, 0.25) is 0 Å². The summed E-state index contributed by atoms with van der Waals surface area (Å²) in [6, 6.07) is 8.91. The highest BCUT2D eigenvalue weighted by atomic mass is 16.4. The van der Waals surface area contributed by atoms with Crippen LogP contribution < -0.4 is 10.2 Å². The van der Waals surface area contributed by atoms with E-state index in [2.05, 4.69) is 5.32 Å². The van der Waals surface area contributed by atoms with Gasteiger partial charge in [-0.05, 0) is 24.5 Å². The predicted octanol–water partition coefficient (Wildman–Crippen LogP) is 2.58. The number of rotatable bonds is 6. The first kappa shape index (κ1) is 16.0. The van der Waals surface area contributed by atoms with Crippen LogP contribution in [0.1, 0.15) is 20.3 Å². The highest BCUT2D eigenvalue weighted by Gasteiger charge is 2.20. The number of benzene rings is 1. The minimum absolute atomic E-state index is 0.142. The lowest BCUT2D eigenvalue weighted by molar-refractivity contribution is -0.142. The predicted molar refractivity (Wildman–Crippen MR) is 78.8 cm³/mol. The Hall–Kier alpha value is -2.04. The number of amides is 2. The third-order valence-corrected chi connectivity index (χ3v) is 3.05. The summed E-state index contributed by atoms with van der Waals surface area (Å²) in [5.74, 6) is -1.15. The first-order chi connectivity index (χ1) is 9.41. The van der Waals surface area contributed by atoms with Crippen molar-refractivity contribution in [2.45, 2.75) is 20.3 Å². The molecule has 20 heavy (non-hydrogen) atoms. The number of hydrogen-bond donors (Lipinski definition) is 2. The lowest BCUT2D eigenvalue weighted by Gasteiger charge is -2.20. The highest BCUT2D eigenvalue weighted by Crippen LogP contribution is 2.13. The second-order valence-electron chi connectivity index (χ2n) is 5.25. The fraction of sp³-hybridized carbons (Fsp3) is 0.467. The molecule has 1 unspecified atom stereocenters. The zero-order valence-corrected chi connectivity index (χ0v) is 12.2. The molecule has 1 aromatic rings. The third-order valence-electron chi connectivity index (χ3n) is 3.05. The molecule has 0 radical (unpaired) electrons. The van der Waals surface area contributed by atoms with Crippen LogP contribution in [0.2, 0.25) is 0 Å². The molecular formula is C15H22N2O3. The van der Waals surface area contributed by atoms with Gasteiger partial charge in [0.15, 0.2) is 0 Å². The molecule has 2 amide bonds. The number of hydrogen-bond acceptors (Lipinski definition) is 2. The van der Waals surface area contributed by atoms with Crippen LogP contribution in [0, 0.1) is 11.8 Å². The van der Waals surface area contributed by atoms with E-state index in [9.17, 15) is 9.59 Å². The number of nitrogens with zero attached hydrogens (tertiary/aromatic N) is 1. The minimum atomic E-state index is -0.874. The van der Waals surface area contributed by atoms with Gasteiger partial charge in [0.25, 0.3) is 0 Å². The Morgan fingerprint density at radius 2 is 1.85 bits per heavy atom. The van der Waals surface area contributed by atoms with Crippen LogP contribution in [0.5, 0.6) is 0 Å². The molecule has 0 aliphatic heterocycles. The summed E-state index contributed by atoms with van der Waals surface area (Å²) in [6.45, 7) is 4.07. The van der Waals surface area contributed by atoms with Gasteiger partial charge in [0.05, 0.1) is 5.92 Å². The first-order valence-corrected chi connectivity index (χ1v) is 6.71. The van der Waals surface area contributed by atoms with E-state index in [1.807, 2.05) is 44.2 Å². The minimum Gasteiger partial charge on any atom is -0.481 e. The van der Waals surface area contributed by atoms with Gasteiger partial charge in [0, 0.05) is 19.3 Å². The van der Waals surface area contributed by atoms with Gasteiger partial charge >= 0.3 is 12.0 Å². The lowest BCUT2D eigenvalue weighted by Crippen LogP contribution is -2.41. The van der Waals surface area contributed by atoms with Crippen LogP contribution in [0.25, 0.3) is 0 Å². The smallest absolute Gasteiger partial charge is 0.321 e. The topological polar surface area (TPSA) is 69.6 Å². The fourth-order valence-electron chi connectivity index (χ4n) is 1.94. The van der Waals surface area contributed by atoms with Crippen LogP contribution in [0.3, 0.4) is 0 Å². The Kier molecular flexibility index (Phi) is 6.03. The molecule has 0 bridgehead atoms. The molecule has 0 fully saturated rings. The largest absolute Gasteiger partial charge is 0.481 e. The molecule has 0 heterocycles. The number of carbonyl (C=O) groups excluding carboxylic acids is 1. The van der Waals surface area contributed by atoms with E-state index in [1.165, 1.54) is 4.90 Å². The second kappa shape index (κ2) is 7.53. The molecule has 5 heteroatoms. The van der Waals surface area contributed by atoms with Crippen molar-refractivity contribution in [3.05, 3.63) is 30.3 Å². The molecule has 0 aliphatic rings. The summed E-state index contributed by atoms with van der Waals surface area (Å²) in [4.78, 5) is 24.6. The molecule has 5 nitrogen and oxygen atoms in total. The van der Waals surface area contributed by atoms with E-state index in [1.54, 1.807) is 7.05 Å². The Morgan fingerprint density at radius 3 is 2.35 bits per heavy atom. The zero-order valence-electron chi connectivity index (χ0n) is 12.2. The molecule has 0 saturated heterocycles. The zero-order chi connectivity index (χ0) is 15.1. The molecule has 0 saturated carbocycles. The Balaban J connectivity index is 2.55. The Morgan fingerprint density at radius 1 is 1.25 bits per heavy atom. The van der Waals surface area contributed by atoms with Crippen molar-refractivity contribution in [3.63, 3.8) is 0 Å². The van der Waals surface area contributed by atoms with Crippen molar-refractivity contribution in [2.24, 2.45) is 11.8 Å². The fourth-order valence-corrected chi connectivity index (χ4v) is 1.94. The van der Waals surface area contributed by atoms with Gasteiger partial charge < -0.3 is 10.4 Å². The molecule has 1 atom stereocenters. The number of carboxylic acid groups (broad SMARTS) is 1. The summed E-state index contributed by atoms with van der Waals surface area (Å²) in [7, 11) is 1.66. The maximum Gasteiger partial charge on any atom is 0.321 e. The van der Waals surface area contributed by atoms with Gasteiger partial charge in [-0.3, -0.25) is 9.69 Å². The molecule has 0 aliphatic carbocycles. The van der Waals surface area contributed by atoms with E-state index in [4.69, 9.17) is 5.11 Å². The van der Waals surface area contributed by atoms with Crippen LogP contribution in [0.4, 0.5) is 10.5 Å². The standard InChI is InChI=1S/C15H22N2O3/c1-11(2)9-12(14(18)19)10-16-15(20)17(3)13-7-5-4-6-8-13/h4-8,11-12H,9-10H2,1-3H3,(H,16,20)(H,18,19). The average Bonchev–Trinajstić information content (AvgIpc) is 2.42. The van der Waals surface area contributed by atoms with E-state index in [0.29, 0.717) is 6.42 Å². The molecule has 0 aromatic heterocycles. The Bertz CT molecular complexity index is 446. The van der Waals surface area contributed by atoms with Crippen molar-refractivity contribution in [1.29, 1.82) is 0 Å². The normalized spacial score (nSPS) is 12.0. The van der Waals surface area contributed by atoms with E-state index in [-0.39, 0.29) is 18.5 Å². The number of anilines is 1. The second-order valence-corrected chi connectivity index (χ2v) is 5.25. The Labute approximate surface area is 119 Å². The summed E-state index contributed by atoms with van der Waals surface area (Å²) >= 11 is 0. The van der Waals surface area contributed by atoms with Crippen LogP contribution in [-0.2, 0) is 4.79 Å². The van der Waals surface area contributed by atoms with Gasteiger partial charge in [-0.25, -0.2) is 4.79 Å². The van der Waals surface area contributed by atoms with Crippen molar-refractivity contribution in [1.82, 2.24) is 5.32 Å². The first-order valence-electron chi connectivity index (χ1n) is 6.71. The summed E-state index contributed by atoms with van der Waals surface area (Å²) in [6.07, 6.45) is 0.546. The molecule has 2 N–H and O–H groups in total. The molecular weight excluding hydrogens is 256 g/mol. The van der Waals surface area contributed by atoms with Gasteiger partial charge in [0.1, 0.15) is 0 Å². The molecule has 1 aromatic carbocycles. The van der Waals surface area contributed by atoms with Crippen molar-refractivity contribution in [2.75, 3.05) is 18.5 Å². The summed E-state index contributed by atoms with van der Waals surface area (Å²) < 4.78 is 0. The average molecular weight is 278 g/mol. The van der Waals surface area contributed by atoms with Crippen LogP contribution in [-0.4, -0.2) is 30.7 Å². The summed E-state index contributed by atoms with van der Waals surface area (Å²) in [5.41, 5.74) is 0.765. The lowest BCUT2D eigenvalue weighted by atomic mass is 9.97. The number of carbonyl (C=O) groups is 2. The van der Waals surface area contributed by atoms with E-state index in [0.717, 1.165) is 5.69 Å². The van der Waals surface area contributed by atoms with Gasteiger partial charge in [-0.1, -0.05) is 32.0 Å². The molecule has 0 spiro atoms. The van der Waals surface area contributed by atoms with Gasteiger partial charge in [-0.15, -0.1) is 0 Å². The number of carboxylic acids is 1. The number of aliphatic carboxylic acids is 1. The SMILES string of the molecule is CC(C)CC(CNC(=O)N(C)c1ccccc1)C(=O)O. The third kappa shape index (κ3) is 4.91.